The third-order valence-electron chi connectivity index (χ3n) is 2.73. The minimum atomic E-state index is -0.548. The summed E-state index contributed by atoms with van der Waals surface area (Å²) in [6, 6.07) is 10.4. The van der Waals surface area contributed by atoms with Gasteiger partial charge in [0.15, 0.2) is 0 Å². The van der Waals surface area contributed by atoms with Crippen molar-refractivity contribution in [2.75, 3.05) is 0 Å². The van der Waals surface area contributed by atoms with Crippen LogP contribution in [0.1, 0.15) is 16.8 Å². The molecule has 0 saturated carbocycles. The number of aromatic nitrogens is 1. The Hall–Kier alpha value is -2.23. The van der Waals surface area contributed by atoms with Crippen molar-refractivity contribution in [3.8, 4) is 5.75 Å². The highest BCUT2D eigenvalue weighted by molar-refractivity contribution is 5.75. The number of rotatable bonds is 3. The summed E-state index contributed by atoms with van der Waals surface area (Å²) in [5.41, 5.74) is 1.66. The summed E-state index contributed by atoms with van der Waals surface area (Å²) in [6.45, 7) is 3.44. The van der Waals surface area contributed by atoms with E-state index in [0.29, 0.717) is 17.0 Å². The fraction of sp³-hybridized carbons (Fsp3) is 0.200. The Morgan fingerprint density at radius 2 is 1.89 bits per heavy atom. The molecule has 0 aliphatic heterocycles. The Bertz CT molecular complexity index is 597. The van der Waals surface area contributed by atoms with E-state index < -0.39 is 11.9 Å². The number of halogens is 1. The predicted octanol–water partition coefficient (Wildman–Crippen LogP) is 2.99. The average molecular weight is 259 g/mol. The van der Waals surface area contributed by atoms with Crippen molar-refractivity contribution in [1.82, 2.24) is 4.98 Å². The minimum absolute atomic E-state index is 0.0437. The van der Waals surface area contributed by atoms with Gasteiger partial charge >= 0.3 is 5.97 Å². The summed E-state index contributed by atoms with van der Waals surface area (Å²) in [4.78, 5) is 15.5. The van der Waals surface area contributed by atoms with Crippen LogP contribution in [-0.2, 0) is 11.2 Å². The lowest BCUT2D eigenvalue weighted by Crippen LogP contribution is -2.14. The first kappa shape index (κ1) is 13.2. The second-order valence-corrected chi connectivity index (χ2v) is 4.32. The molecular formula is C15H14FNO2. The largest absolute Gasteiger partial charge is 0.426 e. The number of hydrogen-bond acceptors (Lipinski definition) is 3. The van der Waals surface area contributed by atoms with Gasteiger partial charge in [-0.3, -0.25) is 4.79 Å². The van der Waals surface area contributed by atoms with Crippen molar-refractivity contribution < 1.29 is 13.9 Å². The van der Waals surface area contributed by atoms with Gasteiger partial charge in [0.1, 0.15) is 5.75 Å². The molecule has 0 atom stereocenters. The molecule has 3 nitrogen and oxygen atoms in total. The normalized spacial score (nSPS) is 10.3. The molecule has 0 N–H and O–H groups in total. The zero-order valence-electron chi connectivity index (χ0n) is 10.8. The van der Waals surface area contributed by atoms with E-state index in [-0.39, 0.29) is 6.42 Å². The van der Waals surface area contributed by atoms with Crippen molar-refractivity contribution in [2.45, 2.75) is 20.3 Å². The average Bonchev–Trinajstić information content (AvgIpc) is 2.37. The lowest BCUT2D eigenvalue weighted by Gasteiger charge is -2.07. The fourth-order valence-electron chi connectivity index (χ4n) is 1.73. The SMILES string of the molecule is Cc1cc(C)c(CC(=O)Oc2ccccc2)nc1F. The van der Waals surface area contributed by atoms with Gasteiger partial charge in [-0.1, -0.05) is 18.2 Å². The molecule has 98 valence electrons. The summed E-state index contributed by atoms with van der Waals surface area (Å²) in [5, 5.41) is 0. The van der Waals surface area contributed by atoms with Gasteiger partial charge in [-0.2, -0.15) is 4.39 Å². The number of pyridine rings is 1. The lowest BCUT2D eigenvalue weighted by atomic mass is 10.1. The third kappa shape index (κ3) is 3.37. The van der Waals surface area contributed by atoms with E-state index in [1.807, 2.05) is 6.07 Å². The van der Waals surface area contributed by atoms with Gasteiger partial charge in [0, 0.05) is 5.56 Å². The Labute approximate surface area is 111 Å². The summed E-state index contributed by atoms with van der Waals surface area (Å²) in [7, 11) is 0. The minimum Gasteiger partial charge on any atom is -0.426 e. The first-order valence-electron chi connectivity index (χ1n) is 5.94. The number of para-hydroxylation sites is 1. The monoisotopic (exact) mass is 259 g/mol. The zero-order valence-corrected chi connectivity index (χ0v) is 10.8. The topological polar surface area (TPSA) is 39.2 Å². The van der Waals surface area contributed by atoms with Crippen LogP contribution in [0.4, 0.5) is 4.39 Å². The van der Waals surface area contributed by atoms with Gasteiger partial charge in [0.05, 0.1) is 12.1 Å². The first-order chi connectivity index (χ1) is 9.06. The van der Waals surface area contributed by atoms with Crippen LogP contribution in [0.15, 0.2) is 36.4 Å². The molecule has 0 amide bonds. The van der Waals surface area contributed by atoms with E-state index in [1.54, 1.807) is 44.2 Å². The van der Waals surface area contributed by atoms with Crippen molar-refractivity contribution >= 4 is 5.97 Å². The second-order valence-electron chi connectivity index (χ2n) is 4.32. The van der Waals surface area contributed by atoms with Crippen LogP contribution >= 0.6 is 0 Å². The second kappa shape index (κ2) is 5.61. The zero-order chi connectivity index (χ0) is 13.8. The predicted molar refractivity (Wildman–Crippen MR) is 69.5 cm³/mol. The van der Waals surface area contributed by atoms with E-state index in [4.69, 9.17) is 4.74 Å². The molecule has 2 rings (SSSR count). The molecule has 0 aliphatic carbocycles. The van der Waals surface area contributed by atoms with Crippen LogP contribution in [0, 0.1) is 19.8 Å². The van der Waals surface area contributed by atoms with Gasteiger partial charge in [-0.25, -0.2) is 4.98 Å². The van der Waals surface area contributed by atoms with Crippen LogP contribution in [0.5, 0.6) is 5.75 Å². The number of hydrogen-bond donors (Lipinski definition) is 0. The van der Waals surface area contributed by atoms with Crippen LogP contribution in [-0.4, -0.2) is 11.0 Å². The number of aryl methyl sites for hydroxylation is 2. The number of benzene rings is 1. The molecule has 1 aromatic heterocycles. The molecule has 0 bridgehead atoms. The van der Waals surface area contributed by atoms with Crippen molar-refractivity contribution in [3.63, 3.8) is 0 Å². The van der Waals surface area contributed by atoms with Crippen LogP contribution in [0.2, 0.25) is 0 Å². The van der Waals surface area contributed by atoms with Gasteiger partial charge in [-0.05, 0) is 37.6 Å². The number of carbonyl (C=O) groups is 1. The third-order valence-corrected chi connectivity index (χ3v) is 2.73. The molecular weight excluding hydrogens is 245 g/mol. The smallest absolute Gasteiger partial charge is 0.317 e. The Morgan fingerprint density at radius 3 is 2.58 bits per heavy atom. The lowest BCUT2D eigenvalue weighted by molar-refractivity contribution is -0.133. The summed E-state index contributed by atoms with van der Waals surface area (Å²) in [5.74, 6) is -0.532. The summed E-state index contributed by atoms with van der Waals surface area (Å²) in [6.07, 6.45) is -0.0437. The molecule has 1 aromatic carbocycles. The molecule has 19 heavy (non-hydrogen) atoms. The number of ether oxygens (including phenoxy) is 1. The van der Waals surface area contributed by atoms with E-state index in [1.165, 1.54) is 0 Å². The molecule has 0 aliphatic rings. The number of esters is 1. The highest BCUT2D eigenvalue weighted by Gasteiger charge is 2.12. The summed E-state index contributed by atoms with van der Waals surface area (Å²) >= 11 is 0. The van der Waals surface area contributed by atoms with Crippen LogP contribution in [0.25, 0.3) is 0 Å². The highest BCUT2D eigenvalue weighted by atomic mass is 19.1. The van der Waals surface area contributed by atoms with Gasteiger partial charge in [0.2, 0.25) is 5.95 Å². The molecule has 0 unspecified atom stereocenters. The van der Waals surface area contributed by atoms with Crippen molar-refractivity contribution in [1.29, 1.82) is 0 Å². The van der Waals surface area contributed by atoms with Crippen LogP contribution in [0.3, 0.4) is 0 Å². The first-order valence-corrected chi connectivity index (χ1v) is 5.94. The Balaban J connectivity index is 2.09. The standard InChI is InChI=1S/C15H14FNO2/c1-10-8-11(2)15(16)17-13(10)9-14(18)19-12-6-4-3-5-7-12/h3-8H,9H2,1-2H3. The summed E-state index contributed by atoms with van der Waals surface area (Å²) < 4.78 is 18.5. The molecule has 2 aromatic rings. The molecule has 0 radical (unpaired) electrons. The quantitative estimate of drug-likeness (QED) is 0.483. The maximum Gasteiger partial charge on any atom is 0.317 e. The maximum absolute atomic E-state index is 13.4. The molecule has 0 spiro atoms. The molecule has 0 saturated heterocycles. The fourth-order valence-corrected chi connectivity index (χ4v) is 1.73. The Morgan fingerprint density at radius 1 is 1.21 bits per heavy atom. The number of carbonyl (C=O) groups excluding carboxylic acids is 1. The van der Waals surface area contributed by atoms with Crippen molar-refractivity contribution in [2.24, 2.45) is 0 Å². The number of nitrogens with zero attached hydrogens (tertiary/aromatic N) is 1. The molecule has 1 heterocycles. The molecule has 0 fully saturated rings. The van der Waals surface area contributed by atoms with E-state index >= 15 is 0 Å². The van der Waals surface area contributed by atoms with E-state index in [0.717, 1.165) is 5.56 Å². The Kier molecular flexibility index (Phi) is 3.90. The van der Waals surface area contributed by atoms with Gasteiger partial charge in [0.25, 0.3) is 0 Å². The van der Waals surface area contributed by atoms with Crippen molar-refractivity contribution in [3.05, 3.63) is 59.2 Å². The van der Waals surface area contributed by atoms with Crippen LogP contribution < -0.4 is 4.74 Å². The maximum atomic E-state index is 13.4. The van der Waals surface area contributed by atoms with E-state index in [9.17, 15) is 9.18 Å². The van der Waals surface area contributed by atoms with Gasteiger partial charge < -0.3 is 4.74 Å². The van der Waals surface area contributed by atoms with E-state index in [2.05, 4.69) is 4.98 Å². The highest BCUT2D eigenvalue weighted by Crippen LogP contribution is 2.14. The van der Waals surface area contributed by atoms with Gasteiger partial charge in [-0.15, -0.1) is 0 Å². The molecule has 4 heteroatoms.